The van der Waals surface area contributed by atoms with E-state index < -0.39 is 0 Å². The molecule has 3 heteroatoms. The van der Waals surface area contributed by atoms with Gasteiger partial charge < -0.3 is 10.6 Å². The molecule has 1 rings (SSSR count). The molecule has 0 unspecified atom stereocenters. The number of nitrogens with one attached hydrogen (secondary N) is 2. The average Bonchev–Trinajstić information content (AvgIpc) is 2.18. The van der Waals surface area contributed by atoms with Crippen molar-refractivity contribution in [1.29, 1.82) is 0 Å². The second-order valence-corrected chi connectivity index (χ2v) is 4.01. The molecule has 0 bridgehead atoms. The maximum absolute atomic E-state index is 4.32. The summed E-state index contributed by atoms with van der Waals surface area (Å²) in [5.74, 6) is 0. The van der Waals surface area contributed by atoms with Crippen molar-refractivity contribution in [3.63, 3.8) is 0 Å². The van der Waals surface area contributed by atoms with Crippen LogP contribution in [0.1, 0.15) is 32.9 Å². The Balaban J connectivity index is 2.50. The topological polar surface area (TPSA) is 37.0 Å². The normalized spacial score (nSPS) is 10.7. The Labute approximate surface area is 92.3 Å². The Bertz CT molecular complexity index is 284. The lowest BCUT2D eigenvalue weighted by Crippen LogP contribution is -2.15. The van der Waals surface area contributed by atoms with E-state index in [1.165, 1.54) is 0 Å². The number of hydrogen-bond acceptors (Lipinski definition) is 3. The molecule has 0 aromatic carbocycles. The van der Waals surface area contributed by atoms with Crippen molar-refractivity contribution in [1.82, 2.24) is 10.3 Å². The highest BCUT2D eigenvalue weighted by atomic mass is 14.9. The third kappa shape index (κ3) is 4.79. The van der Waals surface area contributed by atoms with Crippen LogP contribution < -0.4 is 10.6 Å². The summed E-state index contributed by atoms with van der Waals surface area (Å²) in [7, 11) is 0. The van der Waals surface area contributed by atoms with Crippen LogP contribution in [0.2, 0.25) is 0 Å². The number of rotatable bonds is 6. The standard InChI is InChI=1S/C12H21N3/c1-4-6-13-9-12-8-11(5-7-14-12)15-10(2)3/h5,7-8,10,13H,4,6,9H2,1-3H3,(H,14,15). The Morgan fingerprint density at radius 1 is 1.40 bits per heavy atom. The maximum Gasteiger partial charge on any atom is 0.0562 e. The van der Waals surface area contributed by atoms with Crippen molar-refractivity contribution in [3.05, 3.63) is 24.0 Å². The SMILES string of the molecule is CCCNCc1cc(NC(C)C)ccn1. The van der Waals surface area contributed by atoms with Crippen molar-refractivity contribution in [2.24, 2.45) is 0 Å². The summed E-state index contributed by atoms with van der Waals surface area (Å²) < 4.78 is 0. The molecule has 2 N–H and O–H groups in total. The van der Waals surface area contributed by atoms with Gasteiger partial charge in [-0.3, -0.25) is 4.98 Å². The zero-order valence-corrected chi connectivity index (χ0v) is 9.88. The lowest BCUT2D eigenvalue weighted by Gasteiger charge is -2.10. The smallest absolute Gasteiger partial charge is 0.0562 e. The molecule has 0 saturated carbocycles. The van der Waals surface area contributed by atoms with Gasteiger partial charge in [-0.05, 0) is 38.9 Å². The monoisotopic (exact) mass is 207 g/mol. The van der Waals surface area contributed by atoms with Crippen molar-refractivity contribution >= 4 is 5.69 Å². The van der Waals surface area contributed by atoms with Crippen LogP contribution in [0.15, 0.2) is 18.3 Å². The van der Waals surface area contributed by atoms with Crippen molar-refractivity contribution in [2.75, 3.05) is 11.9 Å². The van der Waals surface area contributed by atoms with Crippen molar-refractivity contribution < 1.29 is 0 Å². The van der Waals surface area contributed by atoms with Crippen LogP contribution >= 0.6 is 0 Å². The third-order valence-electron chi connectivity index (χ3n) is 2.00. The lowest BCUT2D eigenvalue weighted by molar-refractivity contribution is 0.664. The quantitative estimate of drug-likeness (QED) is 0.703. The number of pyridine rings is 1. The van der Waals surface area contributed by atoms with E-state index in [1.54, 1.807) is 0 Å². The van der Waals surface area contributed by atoms with Crippen LogP contribution in [-0.2, 0) is 6.54 Å². The molecule has 15 heavy (non-hydrogen) atoms. The predicted octanol–water partition coefficient (Wildman–Crippen LogP) is 2.40. The van der Waals surface area contributed by atoms with E-state index in [0.717, 1.165) is 30.9 Å². The molecular formula is C12H21N3. The minimum absolute atomic E-state index is 0.462. The van der Waals surface area contributed by atoms with Crippen LogP contribution in [0, 0.1) is 0 Å². The fourth-order valence-electron chi connectivity index (χ4n) is 1.39. The molecule has 0 aliphatic heterocycles. The summed E-state index contributed by atoms with van der Waals surface area (Å²) in [6.07, 6.45) is 3.01. The molecule has 3 nitrogen and oxygen atoms in total. The fraction of sp³-hybridized carbons (Fsp3) is 0.583. The highest BCUT2D eigenvalue weighted by Gasteiger charge is 1.98. The fourth-order valence-corrected chi connectivity index (χ4v) is 1.39. The summed E-state index contributed by atoms with van der Waals surface area (Å²) in [5.41, 5.74) is 2.24. The van der Waals surface area contributed by atoms with Gasteiger partial charge in [0, 0.05) is 24.5 Å². The van der Waals surface area contributed by atoms with Gasteiger partial charge >= 0.3 is 0 Å². The third-order valence-corrected chi connectivity index (χ3v) is 2.00. The molecule has 0 spiro atoms. The van der Waals surface area contributed by atoms with E-state index in [4.69, 9.17) is 0 Å². The van der Waals surface area contributed by atoms with Gasteiger partial charge in [0.25, 0.3) is 0 Å². The Hall–Kier alpha value is -1.09. The first kappa shape index (κ1) is 12.0. The molecule has 0 amide bonds. The van der Waals surface area contributed by atoms with Gasteiger partial charge in [0.15, 0.2) is 0 Å². The molecule has 0 saturated heterocycles. The van der Waals surface area contributed by atoms with Gasteiger partial charge in [0.2, 0.25) is 0 Å². The number of anilines is 1. The molecule has 84 valence electrons. The molecule has 1 aromatic heterocycles. The molecular weight excluding hydrogens is 186 g/mol. The Morgan fingerprint density at radius 3 is 2.87 bits per heavy atom. The second-order valence-electron chi connectivity index (χ2n) is 4.01. The summed E-state index contributed by atoms with van der Waals surface area (Å²) in [6.45, 7) is 8.33. The van der Waals surface area contributed by atoms with Gasteiger partial charge in [0.1, 0.15) is 0 Å². The minimum Gasteiger partial charge on any atom is -0.383 e. The van der Waals surface area contributed by atoms with E-state index in [2.05, 4.69) is 42.5 Å². The zero-order chi connectivity index (χ0) is 11.1. The lowest BCUT2D eigenvalue weighted by atomic mass is 10.3. The largest absolute Gasteiger partial charge is 0.383 e. The van der Waals surface area contributed by atoms with Gasteiger partial charge in [0.05, 0.1) is 5.69 Å². The molecule has 0 aliphatic carbocycles. The maximum atomic E-state index is 4.32. The van der Waals surface area contributed by atoms with Crippen LogP contribution in [0.25, 0.3) is 0 Å². The molecule has 0 atom stereocenters. The molecule has 1 heterocycles. The van der Waals surface area contributed by atoms with Gasteiger partial charge in [-0.2, -0.15) is 0 Å². The summed E-state index contributed by atoms with van der Waals surface area (Å²) in [4.78, 5) is 4.32. The Morgan fingerprint density at radius 2 is 2.20 bits per heavy atom. The van der Waals surface area contributed by atoms with E-state index in [1.807, 2.05) is 12.3 Å². The van der Waals surface area contributed by atoms with Crippen LogP contribution in [0.4, 0.5) is 5.69 Å². The summed E-state index contributed by atoms with van der Waals surface area (Å²) in [5, 5.41) is 6.71. The number of hydrogen-bond donors (Lipinski definition) is 2. The van der Waals surface area contributed by atoms with E-state index in [0.29, 0.717) is 6.04 Å². The minimum atomic E-state index is 0.462. The molecule has 0 aliphatic rings. The first-order valence-corrected chi connectivity index (χ1v) is 5.64. The van der Waals surface area contributed by atoms with E-state index in [-0.39, 0.29) is 0 Å². The van der Waals surface area contributed by atoms with Gasteiger partial charge in [-0.25, -0.2) is 0 Å². The van der Waals surface area contributed by atoms with Crippen LogP contribution in [0.3, 0.4) is 0 Å². The molecule has 0 radical (unpaired) electrons. The molecule has 1 aromatic rings. The highest BCUT2D eigenvalue weighted by Crippen LogP contribution is 2.09. The van der Waals surface area contributed by atoms with Gasteiger partial charge in [-0.15, -0.1) is 0 Å². The summed E-state index contributed by atoms with van der Waals surface area (Å²) >= 11 is 0. The zero-order valence-electron chi connectivity index (χ0n) is 9.88. The average molecular weight is 207 g/mol. The van der Waals surface area contributed by atoms with E-state index in [9.17, 15) is 0 Å². The van der Waals surface area contributed by atoms with Crippen LogP contribution in [-0.4, -0.2) is 17.6 Å². The molecule has 0 fully saturated rings. The second kappa shape index (κ2) is 6.40. The summed E-state index contributed by atoms with van der Waals surface area (Å²) in [6, 6.07) is 4.57. The number of aromatic nitrogens is 1. The highest BCUT2D eigenvalue weighted by molar-refractivity contribution is 5.43. The van der Waals surface area contributed by atoms with E-state index >= 15 is 0 Å². The van der Waals surface area contributed by atoms with Crippen LogP contribution in [0.5, 0.6) is 0 Å². The predicted molar refractivity (Wildman–Crippen MR) is 65.0 cm³/mol. The number of nitrogens with zero attached hydrogens (tertiary/aromatic N) is 1. The van der Waals surface area contributed by atoms with Gasteiger partial charge in [-0.1, -0.05) is 6.92 Å². The Kier molecular flexibility index (Phi) is 5.12. The van der Waals surface area contributed by atoms with Crippen molar-refractivity contribution in [3.8, 4) is 0 Å². The first-order valence-electron chi connectivity index (χ1n) is 5.64. The van der Waals surface area contributed by atoms with Crippen molar-refractivity contribution in [2.45, 2.75) is 39.8 Å². The first-order chi connectivity index (χ1) is 7.22.